The molecule has 0 bridgehead atoms. The lowest BCUT2D eigenvalue weighted by Crippen LogP contribution is -2.59. The number of nitrogens with one attached hydrogen (secondary N) is 2. The van der Waals surface area contributed by atoms with Crippen molar-refractivity contribution in [2.24, 2.45) is 0 Å². The Labute approximate surface area is 160 Å². The van der Waals surface area contributed by atoms with Crippen molar-refractivity contribution in [2.75, 3.05) is 7.11 Å². The van der Waals surface area contributed by atoms with Gasteiger partial charge >= 0.3 is 0 Å². The summed E-state index contributed by atoms with van der Waals surface area (Å²) in [5, 5.41) is 6.04. The van der Waals surface area contributed by atoms with E-state index in [9.17, 15) is 9.59 Å². The van der Waals surface area contributed by atoms with Crippen LogP contribution in [0.15, 0.2) is 54.6 Å². The van der Waals surface area contributed by atoms with Crippen molar-refractivity contribution >= 4 is 11.8 Å². The summed E-state index contributed by atoms with van der Waals surface area (Å²) < 4.78 is 5.36. The molecule has 27 heavy (non-hydrogen) atoms. The summed E-state index contributed by atoms with van der Waals surface area (Å²) in [4.78, 5) is 25.5. The number of amides is 2. The van der Waals surface area contributed by atoms with Gasteiger partial charge < -0.3 is 15.4 Å². The Morgan fingerprint density at radius 2 is 1.85 bits per heavy atom. The summed E-state index contributed by atoms with van der Waals surface area (Å²) >= 11 is 0. The molecule has 0 aromatic heterocycles. The van der Waals surface area contributed by atoms with Gasteiger partial charge in [-0.1, -0.05) is 55.0 Å². The average Bonchev–Trinajstić information content (AvgIpc) is 2.89. The van der Waals surface area contributed by atoms with Crippen LogP contribution in [0.4, 0.5) is 0 Å². The molecule has 1 aliphatic rings. The third kappa shape index (κ3) is 4.67. The number of ether oxygens (including phenoxy) is 1. The van der Waals surface area contributed by atoms with Crippen molar-refractivity contribution in [3.63, 3.8) is 0 Å². The van der Waals surface area contributed by atoms with Gasteiger partial charge in [-0.25, -0.2) is 0 Å². The topological polar surface area (TPSA) is 67.4 Å². The van der Waals surface area contributed by atoms with Crippen LogP contribution in [-0.4, -0.2) is 24.5 Å². The molecule has 3 rings (SSSR count). The Morgan fingerprint density at radius 1 is 1.11 bits per heavy atom. The highest BCUT2D eigenvalue weighted by Gasteiger charge is 2.40. The van der Waals surface area contributed by atoms with Crippen LogP contribution in [0.3, 0.4) is 0 Å². The summed E-state index contributed by atoms with van der Waals surface area (Å²) in [6, 6.07) is 17.4. The molecule has 0 aliphatic carbocycles. The van der Waals surface area contributed by atoms with Gasteiger partial charge in [-0.15, -0.1) is 0 Å². The maximum Gasteiger partial charge on any atom is 0.246 e. The first-order valence-electron chi connectivity index (χ1n) is 9.38. The highest BCUT2D eigenvalue weighted by Crippen LogP contribution is 2.25. The SMILES string of the molecule is COc1ccccc1CNC(=O)C1(Cc2ccccc2)CCCCC(=O)N1. The Balaban J connectivity index is 1.81. The third-order valence-corrected chi connectivity index (χ3v) is 5.05. The zero-order chi connectivity index (χ0) is 19.1. The quantitative estimate of drug-likeness (QED) is 0.826. The molecule has 5 nitrogen and oxygen atoms in total. The lowest BCUT2D eigenvalue weighted by Gasteiger charge is -2.32. The van der Waals surface area contributed by atoms with E-state index in [2.05, 4.69) is 10.6 Å². The van der Waals surface area contributed by atoms with Crippen molar-refractivity contribution < 1.29 is 14.3 Å². The Hall–Kier alpha value is -2.82. The zero-order valence-corrected chi connectivity index (χ0v) is 15.7. The van der Waals surface area contributed by atoms with Crippen LogP contribution in [0.2, 0.25) is 0 Å². The van der Waals surface area contributed by atoms with Gasteiger partial charge in [-0.3, -0.25) is 9.59 Å². The van der Waals surface area contributed by atoms with Gasteiger partial charge in [0.05, 0.1) is 7.11 Å². The monoisotopic (exact) mass is 366 g/mol. The van der Waals surface area contributed by atoms with Crippen LogP contribution in [-0.2, 0) is 22.6 Å². The molecule has 2 N–H and O–H groups in total. The van der Waals surface area contributed by atoms with Gasteiger partial charge in [0.25, 0.3) is 0 Å². The minimum Gasteiger partial charge on any atom is -0.496 e. The van der Waals surface area contributed by atoms with Gasteiger partial charge in [0.1, 0.15) is 11.3 Å². The number of carbonyl (C=O) groups excluding carboxylic acids is 2. The van der Waals surface area contributed by atoms with Gasteiger partial charge in [0.15, 0.2) is 0 Å². The number of benzene rings is 2. The molecule has 2 aromatic rings. The Bertz CT molecular complexity index is 791. The highest BCUT2D eigenvalue weighted by molar-refractivity contribution is 5.92. The molecule has 5 heteroatoms. The van der Waals surface area contributed by atoms with E-state index in [4.69, 9.17) is 4.74 Å². The maximum atomic E-state index is 13.2. The van der Waals surface area contributed by atoms with Crippen LogP contribution >= 0.6 is 0 Å². The number of hydrogen-bond donors (Lipinski definition) is 2. The molecule has 2 amide bonds. The van der Waals surface area contributed by atoms with E-state index in [0.717, 1.165) is 29.7 Å². The van der Waals surface area contributed by atoms with E-state index < -0.39 is 5.54 Å². The predicted molar refractivity (Wildman–Crippen MR) is 104 cm³/mol. The second kappa shape index (κ2) is 8.71. The van der Waals surface area contributed by atoms with Gasteiger partial charge in [-0.2, -0.15) is 0 Å². The first-order valence-corrected chi connectivity index (χ1v) is 9.38. The first kappa shape index (κ1) is 19.0. The van der Waals surface area contributed by atoms with Gasteiger partial charge in [0.2, 0.25) is 11.8 Å². The molecule has 1 heterocycles. The largest absolute Gasteiger partial charge is 0.496 e. The van der Waals surface area contributed by atoms with Crippen LogP contribution in [0.5, 0.6) is 5.75 Å². The number of rotatable bonds is 6. The summed E-state index contributed by atoms with van der Waals surface area (Å²) in [5.74, 6) is 0.531. The molecule has 1 fully saturated rings. The maximum absolute atomic E-state index is 13.2. The van der Waals surface area contributed by atoms with Crippen LogP contribution in [0.1, 0.15) is 36.8 Å². The molecule has 1 atom stereocenters. The van der Waals surface area contributed by atoms with Crippen molar-refractivity contribution in [2.45, 2.75) is 44.2 Å². The first-order chi connectivity index (χ1) is 13.1. The van der Waals surface area contributed by atoms with E-state index in [1.807, 2.05) is 54.6 Å². The average molecular weight is 366 g/mol. The summed E-state index contributed by atoms with van der Waals surface area (Å²) in [6.45, 7) is 0.356. The molecule has 142 valence electrons. The standard InChI is InChI=1S/C22H26N2O3/c1-27-19-12-6-5-11-18(19)16-23-21(26)22(14-8-7-13-20(25)24-22)15-17-9-3-2-4-10-17/h2-6,9-12H,7-8,13-16H2,1H3,(H,23,26)(H,24,25). The predicted octanol–water partition coefficient (Wildman–Crippen LogP) is 2.98. The number of carbonyl (C=O) groups is 2. The zero-order valence-electron chi connectivity index (χ0n) is 15.7. The second-order valence-corrected chi connectivity index (χ2v) is 6.99. The number of hydrogen-bond acceptors (Lipinski definition) is 3. The molecule has 1 aliphatic heterocycles. The van der Waals surface area contributed by atoms with E-state index in [1.165, 1.54) is 0 Å². The Kier molecular flexibility index (Phi) is 6.12. The molecule has 0 spiro atoms. The molecule has 0 radical (unpaired) electrons. The van der Waals surface area contributed by atoms with Crippen LogP contribution in [0, 0.1) is 0 Å². The van der Waals surface area contributed by atoms with E-state index >= 15 is 0 Å². The van der Waals surface area contributed by atoms with Crippen molar-refractivity contribution in [3.8, 4) is 5.75 Å². The lowest BCUT2D eigenvalue weighted by atomic mass is 9.85. The molecular formula is C22H26N2O3. The summed E-state index contributed by atoms with van der Waals surface area (Å²) in [6.07, 6.45) is 3.23. The fourth-order valence-electron chi connectivity index (χ4n) is 3.63. The Morgan fingerprint density at radius 3 is 2.63 bits per heavy atom. The van der Waals surface area contributed by atoms with E-state index in [-0.39, 0.29) is 11.8 Å². The molecule has 0 saturated carbocycles. The number of para-hydroxylation sites is 1. The minimum atomic E-state index is -0.920. The van der Waals surface area contributed by atoms with Crippen molar-refractivity contribution in [1.29, 1.82) is 0 Å². The molecular weight excluding hydrogens is 340 g/mol. The molecule has 1 unspecified atom stereocenters. The van der Waals surface area contributed by atoms with Gasteiger partial charge in [0, 0.05) is 24.9 Å². The van der Waals surface area contributed by atoms with E-state index in [0.29, 0.717) is 25.8 Å². The summed E-state index contributed by atoms with van der Waals surface area (Å²) in [5.41, 5.74) is 1.02. The fourth-order valence-corrected chi connectivity index (χ4v) is 3.63. The molecule has 1 saturated heterocycles. The fraction of sp³-hybridized carbons (Fsp3) is 0.364. The lowest BCUT2D eigenvalue weighted by molar-refractivity contribution is -0.133. The van der Waals surface area contributed by atoms with Crippen LogP contribution < -0.4 is 15.4 Å². The summed E-state index contributed by atoms with van der Waals surface area (Å²) in [7, 11) is 1.61. The minimum absolute atomic E-state index is 0.0594. The smallest absolute Gasteiger partial charge is 0.246 e. The van der Waals surface area contributed by atoms with E-state index in [1.54, 1.807) is 7.11 Å². The second-order valence-electron chi connectivity index (χ2n) is 6.99. The highest BCUT2D eigenvalue weighted by atomic mass is 16.5. The normalized spacial score (nSPS) is 19.7. The van der Waals surface area contributed by atoms with Crippen LogP contribution in [0.25, 0.3) is 0 Å². The number of methoxy groups -OCH3 is 1. The third-order valence-electron chi connectivity index (χ3n) is 5.05. The van der Waals surface area contributed by atoms with Gasteiger partial charge in [-0.05, 0) is 24.5 Å². The van der Waals surface area contributed by atoms with Crippen molar-refractivity contribution in [1.82, 2.24) is 10.6 Å². The van der Waals surface area contributed by atoms with Crippen molar-refractivity contribution in [3.05, 3.63) is 65.7 Å². The molecule has 2 aromatic carbocycles.